The average Bonchev–Trinajstić information content (AvgIpc) is 2.91. The van der Waals surface area contributed by atoms with Gasteiger partial charge in [0.05, 0.1) is 12.6 Å². The molecule has 0 radical (unpaired) electrons. The van der Waals surface area contributed by atoms with Crippen LogP contribution in [-0.2, 0) is 13.6 Å². The van der Waals surface area contributed by atoms with Gasteiger partial charge in [0.2, 0.25) is 0 Å². The number of fused-ring (bicyclic) bond motifs is 1. The van der Waals surface area contributed by atoms with Gasteiger partial charge in [-0.1, -0.05) is 30.3 Å². The van der Waals surface area contributed by atoms with Crippen molar-refractivity contribution in [3.05, 3.63) is 59.8 Å². The van der Waals surface area contributed by atoms with E-state index in [0.29, 0.717) is 12.2 Å². The van der Waals surface area contributed by atoms with Gasteiger partial charge in [-0.15, -0.1) is 0 Å². The van der Waals surface area contributed by atoms with Crippen LogP contribution in [0.1, 0.15) is 16.1 Å². The molecule has 0 aliphatic rings. The third-order valence-corrected chi connectivity index (χ3v) is 3.59. The minimum atomic E-state index is -0.174. The Bertz CT molecular complexity index is 806. The van der Waals surface area contributed by atoms with Crippen molar-refractivity contribution in [2.24, 2.45) is 7.05 Å². The second-order valence-corrected chi connectivity index (χ2v) is 5.02. The molecule has 1 amide bonds. The molecule has 0 spiro atoms. The maximum Gasteiger partial charge on any atom is 0.272 e. The van der Waals surface area contributed by atoms with Gasteiger partial charge in [0.25, 0.3) is 5.91 Å². The topological polar surface area (TPSA) is 56.1 Å². The number of methoxy groups -OCH3 is 1. The van der Waals surface area contributed by atoms with Crippen LogP contribution in [0.3, 0.4) is 0 Å². The van der Waals surface area contributed by atoms with E-state index in [1.54, 1.807) is 11.8 Å². The number of aryl methyl sites for hydroxylation is 1. The van der Waals surface area contributed by atoms with Gasteiger partial charge in [0.1, 0.15) is 5.75 Å². The molecule has 3 rings (SSSR count). The van der Waals surface area contributed by atoms with Gasteiger partial charge < -0.3 is 10.1 Å². The first kappa shape index (κ1) is 14.1. The predicted molar refractivity (Wildman–Crippen MR) is 84.9 cm³/mol. The highest BCUT2D eigenvalue weighted by atomic mass is 16.5. The van der Waals surface area contributed by atoms with Crippen LogP contribution in [0.5, 0.6) is 5.75 Å². The lowest BCUT2D eigenvalue weighted by Gasteiger charge is -2.05. The Kier molecular flexibility index (Phi) is 3.78. The number of hydrogen-bond donors (Lipinski definition) is 1. The molecule has 1 aromatic heterocycles. The molecule has 112 valence electrons. The van der Waals surface area contributed by atoms with Crippen LogP contribution < -0.4 is 10.1 Å². The van der Waals surface area contributed by atoms with Crippen LogP contribution >= 0.6 is 0 Å². The number of carbonyl (C=O) groups excluding carboxylic acids is 1. The lowest BCUT2D eigenvalue weighted by Crippen LogP contribution is -2.23. The zero-order valence-corrected chi connectivity index (χ0v) is 12.5. The molecule has 0 saturated heterocycles. The van der Waals surface area contributed by atoms with Crippen LogP contribution in [0.15, 0.2) is 48.5 Å². The number of aromatic nitrogens is 2. The largest absolute Gasteiger partial charge is 0.497 e. The first-order valence-electron chi connectivity index (χ1n) is 7.02. The van der Waals surface area contributed by atoms with Gasteiger partial charge in [-0.05, 0) is 23.8 Å². The van der Waals surface area contributed by atoms with Gasteiger partial charge in [-0.25, -0.2) is 0 Å². The van der Waals surface area contributed by atoms with Crippen molar-refractivity contribution < 1.29 is 9.53 Å². The Morgan fingerprint density at radius 2 is 1.91 bits per heavy atom. The third-order valence-electron chi connectivity index (χ3n) is 3.59. The molecular weight excluding hydrogens is 278 g/mol. The summed E-state index contributed by atoms with van der Waals surface area (Å²) in [6.45, 7) is 0.452. The van der Waals surface area contributed by atoms with Crippen molar-refractivity contribution >= 4 is 16.8 Å². The minimum absolute atomic E-state index is 0.174. The van der Waals surface area contributed by atoms with Gasteiger partial charge in [0.15, 0.2) is 5.69 Å². The summed E-state index contributed by atoms with van der Waals surface area (Å²) >= 11 is 0. The summed E-state index contributed by atoms with van der Waals surface area (Å²) in [5.74, 6) is 0.624. The Morgan fingerprint density at radius 3 is 2.64 bits per heavy atom. The summed E-state index contributed by atoms with van der Waals surface area (Å²) in [4.78, 5) is 12.4. The number of benzene rings is 2. The average molecular weight is 295 g/mol. The number of carbonyl (C=O) groups is 1. The summed E-state index contributed by atoms with van der Waals surface area (Å²) in [5, 5.41) is 8.08. The molecule has 0 bridgehead atoms. The first-order valence-corrected chi connectivity index (χ1v) is 7.02. The molecule has 2 aromatic carbocycles. The summed E-state index contributed by atoms with van der Waals surface area (Å²) < 4.78 is 6.83. The molecule has 0 unspecified atom stereocenters. The maximum atomic E-state index is 12.4. The normalized spacial score (nSPS) is 10.6. The Labute approximate surface area is 128 Å². The second kappa shape index (κ2) is 5.89. The van der Waals surface area contributed by atoms with Gasteiger partial charge >= 0.3 is 0 Å². The number of ether oxygens (including phenoxy) is 1. The maximum absolute atomic E-state index is 12.4. The van der Waals surface area contributed by atoms with E-state index >= 15 is 0 Å². The molecule has 0 fully saturated rings. The van der Waals surface area contributed by atoms with Gasteiger partial charge in [-0.2, -0.15) is 5.10 Å². The molecule has 0 aliphatic carbocycles. The van der Waals surface area contributed by atoms with Crippen LogP contribution in [-0.4, -0.2) is 22.8 Å². The molecule has 5 heteroatoms. The fraction of sp³-hybridized carbons (Fsp3) is 0.176. The predicted octanol–water partition coefficient (Wildman–Crippen LogP) is 2.51. The number of hydrogen-bond acceptors (Lipinski definition) is 3. The van der Waals surface area contributed by atoms with Crippen molar-refractivity contribution in [3.63, 3.8) is 0 Å². The zero-order chi connectivity index (χ0) is 15.5. The first-order chi connectivity index (χ1) is 10.7. The lowest BCUT2D eigenvalue weighted by molar-refractivity contribution is 0.0947. The van der Waals surface area contributed by atoms with Crippen molar-refractivity contribution in [2.45, 2.75) is 6.54 Å². The van der Waals surface area contributed by atoms with Crippen molar-refractivity contribution in [3.8, 4) is 5.75 Å². The van der Waals surface area contributed by atoms with Crippen LogP contribution in [0, 0.1) is 0 Å². The number of rotatable bonds is 4. The summed E-state index contributed by atoms with van der Waals surface area (Å²) in [5.41, 5.74) is 2.40. The Morgan fingerprint density at radius 1 is 1.18 bits per heavy atom. The lowest BCUT2D eigenvalue weighted by atomic mass is 10.2. The molecule has 1 heterocycles. The van der Waals surface area contributed by atoms with E-state index in [1.165, 1.54) is 0 Å². The van der Waals surface area contributed by atoms with Crippen LogP contribution in [0.4, 0.5) is 0 Å². The third kappa shape index (κ3) is 2.65. The van der Waals surface area contributed by atoms with E-state index in [9.17, 15) is 4.79 Å². The van der Waals surface area contributed by atoms with E-state index in [-0.39, 0.29) is 5.91 Å². The second-order valence-electron chi connectivity index (χ2n) is 5.02. The fourth-order valence-electron chi connectivity index (χ4n) is 2.39. The molecule has 0 saturated carbocycles. The monoisotopic (exact) mass is 295 g/mol. The van der Waals surface area contributed by atoms with Crippen LogP contribution in [0.2, 0.25) is 0 Å². The Balaban J connectivity index is 1.75. The van der Waals surface area contributed by atoms with E-state index in [0.717, 1.165) is 22.2 Å². The highest BCUT2D eigenvalue weighted by molar-refractivity contribution is 6.04. The van der Waals surface area contributed by atoms with Crippen molar-refractivity contribution in [2.75, 3.05) is 7.11 Å². The summed E-state index contributed by atoms with van der Waals surface area (Å²) in [6, 6.07) is 15.3. The smallest absolute Gasteiger partial charge is 0.272 e. The summed E-state index contributed by atoms with van der Waals surface area (Å²) in [7, 11) is 3.46. The highest BCUT2D eigenvalue weighted by Gasteiger charge is 2.15. The Hall–Kier alpha value is -2.82. The summed E-state index contributed by atoms with van der Waals surface area (Å²) in [6.07, 6.45) is 0. The zero-order valence-electron chi connectivity index (χ0n) is 12.5. The standard InChI is InChI=1S/C17H17N3O2/c1-20-15-6-4-3-5-14(15)16(19-20)17(21)18-11-12-7-9-13(22-2)10-8-12/h3-10H,11H2,1-2H3,(H,18,21). The molecular formula is C17H17N3O2. The molecule has 22 heavy (non-hydrogen) atoms. The fourth-order valence-corrected chi connectivity index (χ4v) is 2.39. The van der Waals surface area contributed by atoms with E-state index < -0.39 is 0 Å². The number of para-hydroxylation sites is 1. The SMILES string of the molecule is COc1ccc(CNC(=O)c2nn(C)c3ccccc23)cc1. The van der Waals surface area contributed by atoms with E-state index in [2.05, 4.69) is 10.4 Å². The molecule has 1 N–H and O–H groups in total. The number of nitrogens with one attached hydrogen (secondary N) is 1. The van der Waals surface area contributed by atoms with E-state index in [4.69, 9.17) is 4.74 Å². The van der Waals surface area contributed by atoms with Gasteiger partial charge in [-0.3, -0.25) is 9.48 Å². The van der Waals surface area contributed by atoms with Crippen molar-refractivity contribution in [1.82, 2.24) is 15.1 Å². The molecule has 0 atom stereocenters. The molecule has 5 nitrogen and oxygen atoms in total. The minimum Gasteiger partial charge on any atom is -0.497 e. The number of nitrogens with zero attached hydrogens (tertiary/aromatic N) is 2. The van der Waals surface area contributed by atoms with Crippen LogP contribution in [0.25, 0.3) is 10.9 Å². The van der Waals surface area contributed by atoms with E-state index in [1.807, 2.05) is 55.6 Å². The molecule has 3 aromatic rings. The van der Waals surface area contributed by atoms with Crippen molar-refractivity contribution in [1.29, 1.82) is 0 Å². The molecule has 0 aliphatic heterocycles. The highest BCUT2D eigenvalue weighted by Crippen LogP contribution is 2.17. The number of amides is 1. The van der Waals surface area contributed by atoms with Gasteiger partial charge in [0, 0.05) is 19.0 Å². The quantitative estimate of drug-likeness (QED) is 0.804.